The van der Waals surface area contributed by atoms with Crippen LogP contribution in [0.2, 0.25) is 0 Å². The van der Waals surface area contributed by atoms with Crippen LogP contribution in [-0.4, -0.2) is 18.0 Å². The van der Waals surface area contributed by atoms with E-state index in [0.717, 1.165) is 29.3 Å². The van der Waals surface area contributed by atoms with Crippen molar-refractivity contribution >= 4 is 21.8 Å². The number of rotatable bonds is 5. The van der Waals surface area contributed by atoms with Crippen molar-refractivity contribution in [1.29, 1.82) is 0 Å². The van der Waals surface area contributed by atoms with Gasteiger partial charge >= 0.3 is 0 Å². The second-order valence-corrected chi connectivity index (χ2v) is 5.83. The Morgan fingerprint density at radius 1 is 1.47 bits per heavy atom. The van der Waals surface area contributed by atoms with Gasteiger partial charge in [0.25, 0.3) is 0 Å². The van der Waals surface area contributed by atoms with Gasteiger partial charge in [-0.15, -0.1) is 0 Å². The lowest BCUT2D eigenvalue weighted by molar-refractivity contribution is -0.123. The van der Waals surface area contributed by atoms with Crippen molar-refractivity contribution in [3.63, 3.8) is 0 Å². The van der Waals surface area contributed by atoms with Gasteiger partial charge in [-0.2, -0.15) is 0 Å². The van der Waals surface area contributed by atoms with Gasteiger partial charge in [-0.05, 0) is 30.5 Å². The summed E-state index contributed by atoms with van der Waals surface area (Å²) in [5.74, 6) is 0.0612. The average molecular weight is 326 g/mol. The molecule has 104 valence electrons. The number of hydrogen-bond acceptors (Lipinski definition) is 3. The molecule has 1 aliphatic rings. The second kappa shape index (κ2) is 7.03. The zero-order valence-electron chi connectivity index (χ0n) is 11.1. The van der Waals surface area contributed by atoms with Crippen molar-refractivity contribution in [2.45, 2.75) is 44.8 Å². The lowest BCUT2D eigenvalue weighted by Crippen LogP contribution is -2.43. The molecule has 1 fully saturated rings. The maximum Gasteiger partial charge on any atom is 0.238 e. The van der Waals surface area contributed by atoms with Gasteiger partial charge in [0.1, 0.15) is 6.04 Å². The lowest BCUT2D eigenvalue weighted by atomic mass is 10.1. The molecule has 0 saturated carbocycles. The maximum atomic E-state index is 12.0. The van der Waals surface area contributed by atoms with Crippen LogP contribution >= 0.6 is 15.9 Å². The zero-order chi connectivity index (χ0) is 13.7. The number of nitrogens with one attached hydrogen (secondary N) is 3. The van der Waals surface area contributed by atoms with Crippen LogP contribution in [-0.2, 0) is 11.3 Å². The summed E-state index contributed by atoms with van der Waals surface area (Å²) in [4.78, 5) is 12.0. The molecule has 1 aromatic rings. The van der Waals surface area contributed by atoms with E-state index in [-0.39, 0.29) is 11.9 Å². The standard InChI is InChI=1S/C14H20BrN3O/c1-2-4-12-8-13(18-17-12)14(19)16-9-10-5-3-6-11(15)7-10/h3,5-7,12-13,17-18H,2,4,8-9H2,1H3,(H,16,19). The van der Waals surface area contributed by atoms with E-state index < -0.39 is 0 Å². The summed E-state index contributed by atoms with van der Waals surface area (Å²) in [6, 6.07) is 8.25. The molecule has 3 N–H and O–H groups in total. The minimum atomic E-state index is -0.122. The van der Waals surface area contributed by atoms with Crippen LogP contribution in [0, 0.1) is 0 Å². The third-order valence-corrected chi connectivity index (χ3v) is 3.78. The molecule has 2 rings (SSSR count). The highest BCUT2D eigenvalue weighted by molar-refractivity contribution is 9.10. The molecule has 0 aromatic heterocycles. The molecule has 5 heteroatoms. The largest absolute Gasteiger partial charge is 0.351 e. The van der Waals surface area contributed by atoms with Crippen LogP contribution in [0.25, 0.3) is 0 Å². The highest BCUT2D eigenvalue weighted by Gasteiger charge is 2.28. The van der Waals surface area contributed by atoms with Crippen LogP contribution in [0.1, 0.15) is 31.7 Å². The Balaban J connectivity index is 1.79. The van der Waals surface area contributed by atoms with Crippen LogP contribution in [0.4, 0.5) is 0 Å². The minimum Gasteiger partial charge on any atom is -0.351 e. The van der Waals surface area contributed by atoms with Crippen molar-refractivity contribution in [2.24, 2.45) is 0 Å². The molecule has 0 radical (unpaired) electrons. The normalized spacial score (nSPS) is 22.4. The van der Waals surface area contributed by atoms with Crippen LogP contribution in [0.5, 0.6) is 0 Å². The fraction of sp³-hybridized carbons (Fsp3) is 0.500. The number of halogens is 1. The molecule has 0 bridgehead atoms. The predicted octanol–water partition coefficient (Wildman–Crippen LogP) is 2.10. The van der Waals surface area contributed by atoms with Gasteiger partial charge in [0.05, 0.1) is 0 Å². The van der Waals surface area contributed by atoms with Gasteiger partial charge in [-0.25, -0.2) is 5.43 Å². The summed E-state index contributed by atoms with van der Waals surface area (Å²) in [5.41, 5.74) is 7.34. The zero-order valence-corrected chi connectivity index (χ0v) is 12.7. The summed E-state index contributed by atoms with van der Waals surface area (Å²) in [7, 11) is 0. The van der Waals surface area contributed by atoms with E-state index in [2.05, 4.69) is 39.0 Å². The second-order valence-electron chi connectivity index (χ2n) is 4.91. The maximum absolute atomic E-state index is 12.0. The SMILES string of the molecule is CCCC1CC(C(=O)NCc2cccc(Br)c2)NN1. The Morgan fingerprint density at radius 2 is 2.32 bits per heavy atom. The molecule has 19 heavy (non-hydrogen) atoms. The van der Waals surface area contributed by atoms with Crippen molar-refractivity contribution in [1.82, 2.24) is 16.2 Å². The number of hydrazine groups is 1. The van der Waals surface area contributed by atoms with E-state index in [0.29, 0.717) is 12.6 Å². The van der Waals surface area contributed by atoms with Crippen LogP contribution in [0.15, 0.2) is 28.7 Å². The highest BCUT2D eigenvalue weighted by Crippen LogP contribution is 2.12. The fourth-order valence-corrected chi connectivity index (χ4v) is 2.74. The van der Waals surface area contributed by atoms with Gasteiger partial charge in [-0.1, -0.05) is 41.4 Å². The molecule has 2 atom stereocenters. The summed E-state index contributed by atoms with van der Waals surface area (Å²) >= 11 is 3.43. The van der Waals surface area contributed by atoms with E-state index in [4.69, 9.17) is 0 Å². The molecule has 1 heterocycles. The van der Waals surface area contributed by atoms with E-state index in [1.54, 1.807) is 0 Å². The summed E-state index contributed by atoms with van der Waals surface area (Å²) in [6.45, 7) is 2.72. The van der Waals surface area contributed by atoms with E-state index >= 15 is 0 Å². The first-order valence-electron chi connectivity index (χ1n) is 6.72. The molecule has 1 aliphatic heterocycles. The summed E-state index contributed by atoms with van der Waals surface area (Å²) in [5, 5.41) is 2.97. The highest BCUT2D eigenvalue weighted by atomic mass is 79.9. The first-order chi connectivity index (χ1) is 9.19. The van der Waals surface area contributed by atoms with Crippen LogP contribution in [0.3, 0.4) is 0 Å². The fourth-order valence-electron chi connectivity index (χ4n) is 2.29. The topological polar surface area (TPSA) is 53.2 Å². The lowest BCUT2D eigenvalue weighted by Gasteiger charge is -2.10. The van der Waals surface area contributed by atoms with E-state index in [9.17, 15) is 4.79 Å². The summed E-state index contributed by atoms with van der Waals surface area (Å²) < 4.78 is 1.03. The van der Waals surface area contributed by atoms with Gasteiger partial charge in [0, 0.05) is 17.1 Å². The Kier molecular flexibility index (Phi) is 5.36. The molecule has 1 aromatic carbocycles. The van der Waals surface area contributed by atoms with Crippen molar-refractivity contribution in [2.75, 3.05) is 0 Å². The quantitative estimate of drug-likeness (QED) is 0.777. The Bertz CT molecular complexity index is 438. The average Bonchev–Trinajstić information content (AvgIpc) is 2.85. The molecule has 1 saturated heterocycles. The molecule has 0 spiro atoms. The molecular weight excluding hydrogens is 306 g/mol. The molecule has 1 amide bonds. The van der Waals surface area contributed by atoms with Gasteiger partial charge in [0.15, 0.2) is 0 Å². The molecular formula is C14H20BrN3O. The van der Waals surface area contributed by atoms with E-state index in [1.807, 2.05) is 24.3 Å². The third-order valence-electron chi connectivity index (χ3n) is 3.29. The molecule has 2 unspecified atom stereocenters. The number of amides is 1. The number of carbonyl (C=O) groups is 1. The number of carbonyl (C=O) groups excluding carboxylic acids is 1. The van der Waals surface area contributed by atoms with Gasteiger partial charge < -0.3 is 5.32 Å². The Labute approximate surface area is 122 Å². The third kappa shape index (κ3) is 4.30. The first-order valence-corrected chi connectivity index (χ1v) is 7.51. The van der Waals surface area contributed by atoms with Gasteiger partial charge in [-0.3, -0.25) is 10.2 Å². The predicted molar refractivity (Wildman–Crippen MR) is 79.4 cm³/mol. The van der Waals surface area contributed by atoms with Crippen LogP contribution < -0.4 is 16.2 Å². The van der Waals surface area contributed by atoms with Crippen molar-refractivity contribution in [3.8, 4) is 0 Å². The van der Waals surface area contributed by atoms with Gasteiger partial charge in [0.2, 0.25) is 5.91 Å². The molecule has 0 aliphatic carbocycles. The van der Waals surface area contributed by atoms with E-state index in [1.165, 1.54) is 0 Å². The Morgan fingerprint density at radius 3 is 3.05 bits per heavy atom. The number of hydrogen-bond donors (Lipinski definition) is 3. The minimum absolute atomic E-state index is 0.0612. The summed E-state index contributed by atoms with van der Waals surface area (Å²) in [6.07, 6.45) is 3.09. The monoisotopic (exact) mass is 325 g/mol. The van der Waals surface area contributed by atoms with Crippen molar-refractivity contribution < 1.29 is 4.79 Å². The smallest absolute Gasteiger partial charge is 0.238 e. The Hall–Kier alpha value is -0.910. The number of benzene rings is 1. The van der Waals surface area contributed by atoms with Crippen molar-refractivity contribution in [3.05, 3.63) is 34.3 Å². The first kappa shape index (κ1) is 14.5. The molecule has 4 nitrogen and oxygen atoms in total.